The first kappa shape index (κ1) is 23.9. The number of halogens is 5. The number of nitrogens with zero attached hydrogens (tertiary/aromatic N) is 1. The molecular formula is C17H12Cl5N3O3S. The van der Waals surface area contributed by atoms with Crippen LogP contribution < -0.4 is 15.9 Å². The first-order chi connectivity index (χ1) is 13.7. The highest BCUT2D eigenvalue weighted by Crippen LogP contribution is 2.47. The minimum atomic E-state index is -0.568. The van der Waals surface area contributed by atoms with E-state index in [0.29, 0.717) is 16.2 Å². The van der Waals surface area contributed by atoms with Crippen molar-refractivity contribution in [3.63, 3.8) is 0 Å². The maximum Gasteiger partial charge on any atom is 0.255 e. The molecule has 0 saturated carbocycles. The minimum absolute atomic E-state index is 0.0367. The topological polar surface area (TPSA) is 93.8 Å². The maximum absolute atomic E-state index is 12.0. The molecule has 0 radical (unpaired) electrons. The Kier molecular flexibility index (Phi) is 9.20. The van der Waals surface area contributed by atoms with Gasteiger partial charge in [-0.2, -0.15) is 5.10 Å². The van der Waals surface area contributed by atoms with Gasteiger partial charge >= 0.3 is 0 Å². The lowest BCUT2D eigenvalue weighted by molar-refractivity contribution is -0.120. The van der Waals surface area contributed by atoms with Crippen LogP contribution >= 0.6 is 69.8 Å². The quantitative estimate of drug-likeness (QED) is 0.169. The number of hydrogen-bond acceptors (Lipinski definition) is 5. The Morgan fingerprint density at radius 1 is 1.00 bits per heavy atom. The molecule has 0 atom stereocenters. The first-order valence-corrected chi connectivity index (χ1v) is 10.6. The number of thioether (sulfide) groups is 1. The number of nitrogens with two attached hydrogens (primary N) is 1. The van der Waals surface area contributed by atoms with Crippen molar-refractivity contribution in [1.82, 2.24) is 5.43 Å². The zero-order chi connectivity index (χ0) is 21.6. The van der Waals surface area contributed by atoms with Crippen LogP contribution in [0.25, 0.3) is 0 Å². The summed E-state index contributed by atoms with van der Waals surface area (Å²) in [5, 5.41) is 4.27. The molecule has 0 saturated heterocycles. The summed E-state index contributed by atoms with van der Waals surface area (Å²) in [6.45, 7) is -0.209. The molecule has 12 heteroatoms. The molecule has 3 N–H and O–H groups in total. The largest absolute Gasteiger partial charge is 0.484 e. The van der Waals surface area contributed by atoms with Crippen LogP contribution in [0.4, 0.5) is 0 Å². The molecule has 2 rings (SSSR count). The van der Waals surface area contributed by atoms with Gasteiger partial charge < -0.3 is 10.5 Å². The predicted octanol–water partition coefficient (Wildman–Crippen LogP) is 5.06. The number of rotatable bonds is 8. The standard InChI is InChI=1S/C17H12Cl5N3O3S/c18-12-13(19)15(21)17(16(22)14(12)20)29-7-11(27)25-24-5-8-1-3-9(4-2-8)28-6-10(23)26/h1-5H,6-7H2,(H2,23,26)(H,25,27)/b24-5+. The second kappa shape index (κ2) is 11.2. The van der Waals surface area contributed by atoms with E-state index in [9.17, 15) is 9.59 Å². The van der Waals surface area contributed by atoms with Gasteiger partial charge in [0.1, 0.15) is 5.75 Å². The van der Waals surface area contributed by atoms with E-state index in [1.165, 1.54) is 6.21 Å². The van der Waals surface area contributed by atoms with E-state index in [-0.39, 0.29) is 37.5 Å². The van der Waals surface area contributed by atoms with E-state index in [2.05, 4.69) is 10.5 Å². The van der Waals surface area contributed by atoms with Gasteiger partial charge in [0, 0.05) is 4.90 Å². The van der Waals surface area contributed by atoms with Gasteiger partial charge in [0.15, 0.2) is 6.61 Å². The molecule has 2 aromatic rings. The van der Waals surface area contributed by atoms with Crippen molar-refractivity contribution in [2.45, 2.75) is 4.90 Å². The summed E-state index contributed by atoms with van der Waals surface area (Å²) in [5.74, 6) is -0.523. The number of carbonyl (C=O) groups is 2. The van der Waals surface area contributed by atoms with E-state index in [1.807, 2.05) is 0 Å². The SMILES string of the molecule is NC(=O)COc1ccc(/C=N/NC(=O)CSc2c(Cl)c(Cl)c(Cl)c(Cl)c2Cl)cc1. The summed E-state index contributed by atoms with van der Waals surface area (Å²) in [4.78, 5) is 23.0. The van der Waals surface area contributed by atoms with Crippen LogP contribution in [0.3, 0.4) is 0 Å². The highest BCUT2D eigenvalue weighted by Gasteiger charge is 2.20. The monoisotopic (exact) mass is 513 g/mol. The molecule has 0 aromatic heterocycles. The Morgan fingerprint density at radius 3 is 2.10 bits per heavy atom. The summed E-state index contributed by atoms with van der Waals surface area (Å²) in [5.41, 5.74) is 8.08. The second-order valence-corrected chi connectivity index (χ2v) is 8.18. The van der Waals surface area contributed by atoms with E-state index in [0.717, 1.165) is 11.8 Å². The number of carbonyl (C=O) groups excluding carboxylic acids is 2. The molecule has 0 aliphatic carbocycles. The zero-order valence-electron chi connectivity index (χ0n) is 14.3. The van der Waals surface area contributed by atoms with Crippen molar-refractivity contribution in [3.8, 4) is 5.75 Å². The number of hydrogen-bond donors (Lipinski definition) is 2. The lowest BCUT2D eigenvalue weighted by atomic mass is 10.2. The van der Waals surface area contributed by atoms with Crippen LogP contribution in [-0.4, -0.2) is 30.4 Å². The summed E-state index contributed by atoms with van der Waals surface area (Å²) in [6, 6.07) is 6.66. The summed E-state index contributed by atoms with van der Waals surface area (Å²) in [7, 11) is 0. The third-order valence-electron chi connectivity index (χ3n) is 3.18. The number of amides is 2. The molecule has 0 heterocycles. The van der Waals surface area contributed by atoms with Crippen LogP contribution in [0.2, 0.25) is 25.1 Å². The van der Waals surface area contributed by atoms with Gasteiger partial charge in [-0.25, -0.2) is 5.43 Å². The number of nitrogens with one attached hydrogen (secondary N) is 1. The fourth-order valence-electron chi connectivity index (χ4n) is 1.86. The number of benzene rings is 2. The van der Waals surface area contributed by atoms with Crippen LogP contribution in [-0.2, 0) is 9.59 Å². The number of hydrazone groups is 1. The van der Waals surface area contributed by atoms with Crippen molar-refractivity contribution in [2.75, 3.05) is 12.4 Å². The van der Waals surface area contributed by atoms with Gasteiger partial charge in [-0.1, -0.05) is 58.0 Å². The molecule has 29 heavy (non-hydrogen) atoms. The Labute approximate surface area is 195 Å². The molecule has 2 aromatic carbocycles. The van der Waals surface area contributed by atoms with Crippen molar-refractivity contribution >= 4 is 87.8 Å². The van der Waals surface area contributed by atoms with Crippen molar-refractivity contribution in [3.05, 3.63) is 54.9 Å². The van der Waals surface area contributed by atoms with Gasteiger partial charge in [0.2, 0.25) is 5.91 Å². The molecule has 0 spiro atoms. The Morgan fingerprint density at radius 2 is 1.55 bits per heavy atom. The number of primary amides is 1. The van der Waals surface area contributed by atoms with Gasteiger partial charge in [0.25, 0.3) is 5.91 Å². The third-order valence-corrected chi connectivity index (χ3v) is 6.79. The van der Waals surface area contributed by atoms with E-state index in [4.69, 9.17) is 68.5 Å². The second-order valence-electron chi connectivity index (χ2n) is 5.30. The van der Waals surface area contributed by atoms with Gasteiger partial charge in [0.05, 0.1) is 37.1 Å². The van der Waals surface area contributed by atoms with E-state index < -0.39 is 11.8 Å². The normalized spacial score (nSPS) is 10.9. The molecule has 0 aliphatic rings. The average molecular weight is 516 g/mol. The van der Waals surface area contributed by atoms with Crippen LogP contribution in [0.5, 0.6) is 5.75 Å². The highest BCUT2D eigenvalue weighted by molar-refractivity contribution is 8.00. The van der Waals surface area contributed by atoms with Crippen LogP contribution in [0.1, 0.15) is 5.56 Å². The van der Waals surface area contributed by atoms with E-state index in [1.54, 1.807) is 24.3 Å². The fourth-order valence-corrected chi connectivity index (χ4v) is 4.24. The molecule has 154 valence electrons. The molecule has 0 fully saturated rings. The first-order valence-electron chi connectivity index (χ1n) is 7.68. The van der Waals surface area contributed by atoms with Gasteiger partial charge in [-0.3, -0.25) is 9.59 Å². The molecule has 2 amide bonds. The number of ether oxygens (including phenoxy) is 1. The maximum atomic E-state index is 12.0. The van der Waals surface area contributed by atoms with Gasteiger partial charge in [-0.15, -0.1) is 11.8 Å². The highest BCUT2D eigenvalue weighted by atomic mass is 35.5. The summed E-state index contributed by atoms with van der Waals surface area (Å²) >= 11 is 31.2. The summed E-state index contributed by atoms with van der Waals surface area (Å²) in [6.07, 6.45) is 1.44. The van der Waals surface area contributed by atoms with Crippen LogP contribution in [0, 0.1) is 0 Å². The molecule has 0 bridgehead atoms. The Bertz CT molecular complexity index is 925. The molecule has 0 unspecified atom stereocenters. The van der Waals surface area contributed by atoms with Crippen molar-refractivity contribution in [2.24, 2.45) is 10.8 Å². The lowest BCUT2D eigenvalue weighted by Gasteiger charge is -2.11. The third kappa shape index (κ3) is 6.84. The molecule has 6 nitrogen and oxygen atoms in total. The molecule has 0 aliphatic heterocycles. The molecular weight excluding hydrogens is 504 g/mol. The van der Waals surface area contributed by atoms with Crippen molar-refractivity contribution < 1.29 is 14.3 Å². The van der Waals surface area contributed by atoms with Gasteiger partial charge in [-0.05, 0) is 29.8 Å². The van der Waals surface area contributed by atoms with Crippen molar-refractivity contribution in [1.29, 1.82) is 0 Å². The Hall–Kier alpha value is -1.35. The average Bonchev–Trinajstić information content (AvgIpc) is 2.70. The lowest BCUT2D eigenvalue weighted by Crippen LogP contribution is -2.20. The predicted molar refractivity (Wildman–Crippen MR) is 119 cm³/mol. The fraction of sp³-hybridized carbons (Fsp3) is 0.118. The Balaban J connectivity index is 1.90. The van der Waals surface area contributed by atoms with Crippen LogP contribution in [0.15, 0.2) is 34.3 Å². The smallest absolute Gasteiger partial charge is 0.255 e. The summed E-state index contributed by atoms with van der Waals surface area (Å²) < 4.78 is 5.14. The minimum Gasteiger partial charge on any atom is -0.484 e. The van der Waals surface area contributed by atoms with E-state index >= 15 is 0 Å². The zero-order valence-corrected chi connectivity index (χ0v) is 18.9.